The van der Waals surface area contributed by atoms with Gasteiger partial charge in [0.15, 0.2) is 4.77 Å². The van der Waals surface area contributed by atoms with Crippen LogP contribution in [0.5, 0.6) is 0 Å². The lowest BCUT2D eigenvalue weighted by atomic mass is 9.95. The summed E-state index contributed by atoms with van der Waals surface area (Å²) in [5.74, 6) is 1.75. The van der Waals surface area contributed by atoms with Crippen molar-refractivity contribution in [2.45, 2.75) is 46.2 Å². The Kier molecular flexibility index (Phi) is 3.33. The summed E-state index contributed by atoms with van der Waals surface area (Å²) in [6, 6.07) is 0.562. The molecule has 2 atom stereocenters. The van der Waals surface area contributed by atoms with Gasteiger partial charge in [-0.25, -0.2) is 5.10 Å². The number of rotatable bonds is 2. The fourth-order valence-corrected chi connectivity index (χ4v) is 2.64. The first kappa shape index (κ1) is 11.6. The van der Waals surface area contributed by atoms with Crippen LogP contribution in [0.2, 0.25) is 0 Å². The molecule has 2 rings (SSSR count). The minimum absolute atomic E-state index is 0.562. The second-order valence-electron chi connectivity index (χ2n) is 4.76. The van der Waals surface area contributed by atoms with E-state index in [2.05, 4.69) is 40.4 Å². The molecule has 0 radical (unpaired) electrons. The summed E-state index contributed by atoms with van der Waals surface area (Å²) in [6.45, 7) is 8.63. The number of hydrogen-bond donors (Lipinski definition) is 1. The van der Waals surface area contributed by atoms with Crippen molar-refractivity contribution in [2.75, 3.05) is 11.4 Å². The fourth-order valence-electron chi connectivity index (χ4n) is 2.38. The van der Waals surface area contributed by atoms with Crippen molar-refractivity contribution in [1.82, 2.24) is 14.8 Å². The van der Waals surface area contributed by atoms with Gasteiger partial charge in [-0.2, -0.15) is 0 Å². The number of anilines is 1. The summed E-state index contributed by atoms with van der Waals surface area (Å²) in [5.41, 5.74) is 0. The quantitative estimate of drug-likeness (QED) is 0.807. The van der Waals surface area contributed by atoms with Crippen molar-refractivity contribution in [3.8, 4) is 0 Å². The van der Waals surface area contributed by atoms with E-state index in [4.69, 9.17) is 12.2 Å². The molecule has 1 aromatic rings. The lowest BCUT2D eigenvalue weighted by Gasteiger charge is -2.37. The average Bonchev–Trinajstić information content (AvgIpc) is 2.63. The molecule has 1 aliphatic heterocycles. The third-order valence-corrected chi connectivity index (χ3v) is 3.74. The predicted molar refractivity (Wildman–Crippen MR) is 68.3 cm³/mol. The van der Waals surface area contributed by atoms with Crippen LogP contribution in [0.15, 0.2) is 0 Å². The van der Waals surface area contributed by atoms with Gasteiger partial charge in [-0.1, -0.05) is 6.92 Å². The maximum Gasteiger partial charge on any atom is 0.225 e. The topological polar surface area (TPSA) is 36.9 Å². The van der Waals surface area contributed by atoms with Gasteiger partial charge >= 0.3 is 0 Å². The molecule has 1 fully saturated rings. The second-order valence-corrected chi connectivity index (χ2v) is 5.14. The molecule has 2 unspecified atom stereocenters. The number of nitrogens with one attached hydrogen (secondary N) is 1. The largest absolute Gasteiger partial charge is 0.338 e. The molecule has 0 amide bonds. The van der Waals surface area contributed by atoms with E-state index >= 15 is 0 Å². The Balaban J connectivity index is 2.31. The molecular formula is C11H20N4S. The Hall–Kier alpha value is -0.840. The van der Waals surface area contributed by atoms with E-state index in [0.717, 1.165) is 29.7 Å². The van der Waals surface area contributed by atoms with Crippen LogP contribution in [0.4, 0.5) is 5.95 Å². The van der Waals surface area contributed by atoms with Crippen molar-refractivity contribution in [3.05, 3.63) is 4.77 Å². The van der Waals surface area contributed by atoms with Crippen LogP contribution in [-0.2, 0) is 6.54 Å². The summed E-state index contributed by atoms with van der Waals surface area (Å²) in [7, 11) is 0. The number of nitrogens with zero attached hydrogens (tertiary/aromatic N) is 3. The first-order valence-corrected chi connectivity index (χ1v) is 6.46. The zero-order valence-electron chi connectivity index (χ0n) is 10.2. The minimum atomic E-state index is 0.562. The molecule has 0 bridgehead atoms. The molecule has 0 aliphatic carbocycles. The van der Waals surface area contributed by atoms with Gasteiger partial charge in [0.2, 0.25) is 5.95 Å². The number of aromatic amines is 1. The van der Waals surface area contributed by atoms with Gasteiger partial charge in [0.1, 0.15) is 0 Å². The van der Waals surface area contributed by atoms with Gasteiger partial charge in [-0.3, -0.25) is 4.57 Å². The van der Waals surface area contributed by atoms with E-state index in [1.54, 1.807) is 0 Å². The summed E-state index contributed by atoms with van der Waals surface area (Å²) in [4.78, 5) is 2.38. The summed E-state index contributed by atoms with van der Waals surface area (Å²) in [6.07, 6.45) is 2.56. The maximum absolute atomic E-state index is 5.23. The highest BCUT2D eigenvalue weighted by atomic mass is 32.1. The monoisotopic (exact) mass is 240 g/mol. The van der Waals surface area contributed by atoms with E-state index in [9.17, 15) is 0 Å². The van der Waals surface area contributed by atoms with E-state index in [-0.39, 0.29) is 0 Å². The van der Waals surface area contributed by atoms with Crippen molar-refractivity contribution in [3.63, 3.8) is 0 Å². The van der Waals surface area contributed by atoms with Gasteiger partial charge < -0.3 is 4.90 Å². The lowest BCUT2D eigenvalue weighted by molar-refractivity contribution is 0.382. The summed E-state index contributed by atoms with van der Waals surface area (Å²) < 4.78 is 2.80. The highest BCUT2D eigenvalue weighted by Gasteiger charge is 2.26. The van der Waals surface area contributed by atoms with E-state index in [0.29, 0.717) is 6.04 Å². The Morgan fingerprint density at radius 3 is 2.88 bits per heavy atom. The number of H-pyrrole nitrogens is 1. The lowest BCUT2D eigenvalue weighted by Crippen LogP contribution is -2.42. The first-order chi connectivity index (χ1) is 7.63. The van der Waals surface area contributed by atoms with Crippen molar-refractivity contribution in [1.29, 1.82) is 0 Å². The van der Waals surface area contributed by atoms with Crippen molar-refractivity contribution in [2.24, 2.45) is 5.92 Å². The number of aromatic nitrogens is 3. The zero-order chi connectivity index (χ0) is 11.7. The molecule has 16 heavy (non-hydrogen) atoms. The Morgan fingerprint density at radius 2 is 2.19 bits per heavy atom. The zero-order valence-corrected chi connectivity index (χ0v) is 11.0. The third-order valence-electron chi connectivity index (χ3n) is 3.43. The van der Waals surface area contributed by atoms with Crippen LogP contribution in [0.25, 0.3) is 0 Å². The molecule has 1 aromatic heterocycles. The van der Waals surface area contributed by atoms with E-state index in [1.165, 1.54) is 12.8 Å². The van der Waals surface area contributed by atoms with E-state index in [1.807, 2.05) is 0 Å². The molecule has 1 N–H and O–H groups in total. The molecule has 0 saturated carbocycles. The fraction of sp³-hybridized carbons (Fsp3) is 0.818. The van der Waals surface area contributed by atoms with Crippen molar-refractivity contribution >= 4 is 18.2 Å². The Labute approximate surface area is 102 Å². The predicted octanol–water partition coefficient (Wildman–Crippen LogP) is 2.59. The van der Waals surface area contributed by atoms with Crippen LogP contribution in [0.3, 0.4) is 0 Å². The molecule has 4 nitrogen and oxygen atoms in total. The first-order valence-electron chi connectivity index (χ1n) is 6.05. The number of piperidine rings is 1. The standard InChI is InChI=1S/C11H20N4S/c1-4-14-10(12-13-11(14)16)15-7-8(2)5-6-9(15)3/h8-9H,4-7H2,1-3H3,(H,13,16). The highest BCUT2D eigenvalue weighted by molar-refractivity contribution is 7.71. The minimum Gasteiger partial charge on any atom is -0.338 e. The number of hydrogen-bond acceptors (Lipinski definition) is 3. The van der Waals surface area contributed by atoms with Crippen LogP contribution in [0.1, 0.15) is 33.6 Å². The van der Waals surface area contributed by atoms with Gasteiger partial charge in [0.25, 0.3) is 0 Å². The van der Waals surface area contributed by atoms with E-state index < -0.39 is 0 Å². The normalized spacial score (nSPS) is 26.1. The second kappa shape index (κ2) is 4.57. The molecule has 1 aliphatic rings. The highest BCUT2D eigenvalue weighted by Crippen LogP contribution is 2.25. The molecule has 90 valence electrons. The maximum atomic E-state index is 5.23. The van der Waals surface area contributed by atoms with Crippen molar-refractivity contribution < 1.29 is 0 Å². The van der Waals surface area contributed by atoms with Gasteiger partial charge in [-0.15, -0.1) is 5.10 Å². The van der Waals surface area contributed by atoms with Crippen LogP contribution in [0, 0.1) is 10.7 Å². The third kappa shape index (κ3) is 2.00. The van der Waals surface area contributed by atoms with Gasteiger partial charge in [0, 0.05) is 19.1 Å². The average molecular weight is 240 g/mol. The van der Waals surface area contributed by atoms with Crippen LogP contribution >= 0.6 is 12.2 Å². The summed E-state index contributed by atoms with van der Waals surface area (Å²) in [5, 5.41) is 7.26. The molecular weight excluding hydrogens is 220 g/mol. The summed E-state index contributed by atoms with van der Waals surface area (Å²) >= 11 is 5.23. The van der Waals surface area contributed by atoms with Crippen LogP contribution in [-0.4, -0.2) is 27.4 Å². The van der Waals surface area contributed by atoms with Crippen LogP contribution < -0.4 is 4.90 Å². The molecule has 0 aromatic carbocycles. The smallest absolute Gasteiger partial charge is 0.225 e. The molecule has 5 heteroatoms. The molecule has 1 saturated heterocycles. The molecule has 0 spiro atoms. The SMILES string of the molecule is CCn1c(N2CC(C)CCC2C)n[nH]c1=S. The van der Waals surface area contributed by atoms with Gasteiger partial charge in [0.05, 0.1) is 0 Å². The Morgan fingerprint density at radius 1 is 1.44 bits per heavy atom. The Bertz CT molecular complexity index is 408. The molecule has 2 heterocycles. The van der Waals surface area contributed by atoms with Gasteiger partial charge in [-0.05, 0) is 44.8 Å².